The van der Waals surface area contributed by atoms with E-state index >= 15 is 0 Å². The number of carbonyl (C=O) groups excluding carboxylic acids is 1. The Morgan fingerprint density at radius 3 is 2.14 bits per heavy atom. The first-order valence-electron chi connectivity index (χ1n) is 6.72. The van der Waals surface area contributed by atoms with Crippen LogP contribution in [0.1, 0.15) is 28.4 Å². The van der Waals surface area contributed by atoms with Gasteiger partial charge in [-0.05, 0) is 57.9 Å². The van der Waals surface area contributed by atoms with Gasteiger partial charge in [-0.1, -0.05) is 30.3 Å². The molecular formula is C17H20LiO2P. The molecule has 1 atom stereocenters. The standard InChI is InChI=1S/C17H19O2P.Li.H/c1-4-19-14-8-10-15(11-9-14)20-17(18)16-12(2)6-5-7-13(16)3;;/h5-11,20H,4H2,1-3H3;;. The van der Waals surface area contributed by atoms with Gasteiger partial charge in [-0.25, -0.2) is 0 Å². The van der Waals surface area contributed by atoms with Crippen LogP contribution in [-0.4, -0.2) is 31.0 Å². The van der Waals surface area contributed by atoms with Crippen LogP contribution in [0.25, 0.3) is 0 Å². The monoisotopic (exact) mass is 294 g/mol. The number of hydrogen-bond acceptors (Lipinski definition) is 2. The Kier molecular flexibility index (Phi) is 7.19. The molecule has 1 unspecified atom stereocenters. The number of benzene rings is 2. The van der Waals surface area contributed by atoms with Crippen LogP contribution in [0.4, 0.5) is 0 Å². The van der Waals surface area contributed by atoms with E-state index in [1.54, 1.807) is 0 Å². The van der Waals surface area contributed by atoms with Crippen molar-refractivity contribution in [1.29, 1.82) is 0 Å². The number of hydrogen-bond donors (Lipinski definition) is 0. The molecule has 2 nitrogen and oxygen atoms in total. The van der Waals surface area contributed by atoms with Crippen molar-refractivity contribution in [2.75, 3.05) is 6.61 Å². The fourth-order valence-electron chi connectivity index (χ4n) is 2.17. The molecule has 0 spiro atoms. The normalized spacial score (nSPS) is 10.4. The van der Waals surface area contributed by atoms with Crippen LogP contribution in [0.15, 0.2) is 42.5 Å². The molecule has 106 valence electrons. The first kappa shape index (κ1) is 18.0. The summed E-state index contributed by atoms with van der Waals surface area (Å²) in [6.07, 6.45) is 0. The molecule has 0 aliphatic carbocycles. The maximum atomic E-state index is 12.4. The van der Waals surface area contributed by atoms with Crippen molar-refractivity contribution in [3.8, 4) is 5.75 Å². The van der Waals surface area contributed by atoms with Crippen LogP contribution in [-0.2, 0) is 0 Å². The maximum absolute atomic E-state index is 12.4. The Morgan fingerprint density at radius 2 is 1.62 bits per heavy atom. The molecule has 2 aromatic rings. The molecule has 0 radical (unpaired) electrons. The van der Waals surface area contributed by atoms with E-state index in [4.69, 9.17) is 4.74 Å². The Balaban J connectivity index is 0.00000220. The Morgan fingerprint density at radius 1 is 1.05 bits per heavy atom. The van der Waals surface area contributed by atoms with Crippen molar-refractivity contribution < 1.29 is 9.53 Å². The van der Waals surface area contributed by atoms with Gasteiger partial charge in [0.25, 0.3) is 0 Å². The molecule has 0 N–H and O–H groups in total. The van der Waals surface area contributed by atoms with Gasteiger partial charge in [0.05, 0.1) is 6.61 Å². The van der Waals surface area contributed by atoms with Crippen LogP contribution in [0, 0.1) is 13.8 Å². The zero-order chi connectivity index (χ0) is 14.5. The van der Waals surface area contributed by atoms with Crippen LogP contribution >= 0.6 is 8.58 Å². The second kappa shape index (κ2) is 8.40. The fraction of sp³-hybridized carbons (Fsp3) is 0.235. The summed E-state index contributed by atoms with van der Waals surface area (Å²) in [5.74, 6) is 0.848. The molecule has 21 heavy (non-hydrogen) atoms. The minimum atomic E-state index is 0. The van der Waals surface area contributed by atoms with Gasteiger partial charge in [0.15, 0.2) is 5.52 Å². The molecule has 0 saturated heterocycles. The molecule has 4 heteroatoms. The van der Waals surface area contributed by atoms with E-state index in [1.165, 1.54) is 0 Å². The fourth-order valence-corrected chi connectivity index (χ4v) is 3.28. The van der Waals surface area contributed by atoms with E-state index in [-0.39, 0.29) is 33.0 Å². The van der Waals surface area contributed by atoms with Gasteiger partial charge < -0.3 is 4.74 Å². The molecule has 0 aliphatic heterocycles. The molecule has 2 aromatic carbocycles. The summed E-state index contributed by atoms with van der Waals surface area (Å²) >= 11 is 0. The van der Waals surface area contributed by atoms with Crippen molar-refractivity contribution in [3.05, 3.63) is 59.2 Å². The van der Waals surface area contributed by atoms with Crippen molar-refractivity contribution in [1.82, 2.24) is 0 Å². The quantitative estimate of drug-likeness (QED) is 0.625. The predicted molar refractivity (Wildman–Crippen MR) is 93.0 cm³/mol. The summed E-state index contributed by atoms with van der Waals surface area (Å²) in [4.78, 5) is 12.4. The molecule has 2 rings (SSSR count). The first-order valence-corrected chi connectivity index (χ1v) is 7.72. The molecule has 0 aromatic heterocycles. The third-order valence-corrected chi connectivity index (χ3v) is 4.23. The summed E-state index contributed by atoms with van der Waals surface area (Å²) in [6, 6.07) is 13.7. The van der Waals surface area contributed by atoms with Crippen molar-refractivity contribution >= 4 is 38.3 Å². The van der Waals surface area contributed by atoms with Crippen molar-refractivity contribution in [2.45, 2.75) is 20.8 Å². The number of ether oxygens (including phenoxy) is 1. The summed E-state index contributed by atoms with van der Waals surface area (Å²) in [5.41, 5.74) is 3.16. The predicted octanol–water partition coefficient (Wildman–Crippen LogP) is 3.20. The van der Waals surface area contributed by atoms with Crippen LogP contribution in [0.5, 0.6) is 5.75 Å². The van der Waals surface area contributed by atoms with Gasteiger partial charge in [-0.3, -0.25) is 4.79 Å². The van der Waals surface area contributed by atoms with Crippen LogP contribution in [0.3, 0.4) is 0 Å². The van der Waals surface area contributed by atoms with Crippen molar-refractivity contribution in [2.24, 2.45) is 0 Å². The Hall–Kier alpha value is -1.06. The summed E-state index contributed by atoms with van der Waals surface area (Å²) in [6.45, 7) is 6.59. The van der Waals surface area contributed by atoms with Gasteiger partial charge >= 0.3 is 18.9 Å². The summed E-state index contributed by atoms with van der Waals surface area (Å²) in [7, 11) is 0.152. The molecule has 0 aliphatic rings. The molecule has 0 amide bonds. The van der Waals surface area contributed by atoms with E-state index in [9.17, 15) is 4.79 Å². The van der Waals surface area contributed by atoms with E-state index in [0.29, 0.717) is 6.61 Å². The summed E-state index contributed by atoms with van der Waals surface area (Å²) < 4.78 is 5.41. The van der Waals surface area contributed by atoms with E-state index in [0.717, 1.165) is 27.7 Å². The molecule has 0 saturated carbocycles. The first-order chi connectivity index (χ1) is 9.61. The second-order valence-electron chi connectivity index (χ2n) is 4.68. The van der Waals surface area contributed by atoms with E-state index in [1.807, 2.05) is 63.2 Å². The molecule has 0 fully saturated rings. The summed E-state index contributed by atoms with van der Waals surface area (Å²) in [5, 5.41) is 1.04. The average Bonchev–Trinajstić information content (AvgIpc) is 2.41. The van der Waals surface area contributed by atoms with Crippen molar-refractivity contribution in [3.63, 3.8) is 0 Å². The van der Waals surface area contributed by atoms with Gasteiger partial charge in [-0.2, -0.15) is 0 Å². The van der Waals surface area contributed by atoms with Gasteiger partial charge in [-0.15, -0.1) is 0 Å². The average molecular weight is 294 g/mol. The minimum absolute atomic E-state index is 0. The van der Waals surface area contributed by atoms with Crippen LogP contribution < -0.4 is 10.0 Å². The number of rotatable bonds is 5. The zero-order valence-corrected chi connectivity index (χ0v) is 13.1. The molecular weight excluding hydrogens is 274 g/mol. The number of aryl methyl sites for hydroxylation is 2. The van der Waals surface area contributed by atoms with E-state index in [2.05, 4.69) is 0 Å². The molecule has 0 bridgehead atoms. The van der Waals surface area contributed by atoms with Gasteiger partial charge in [0.2, 0.25) is 0 Å². The van der Waals surface area contributed by atoms with Crippen LogP contribution in [0.2, 0.25) is 0 Å². The van der Waals surface area contributed by atoms with E-state index < -0.39 is 0 Å². The zero-order valence-electron chi connectivity index (χ0n) is 12.1. The third-order valence-electron chi connectivity index (χ3n) is 3.13. The van der Waals surface area contributed by atoms with Gasteiger partial charge in [0, 0.05) is 5.56 Å². The Bertz CT molecular complexity index is 588. The third kappa shape index (κ3) is 4.72. The van der Waals surface area contributed by atoms with Gasteiger partial charge in [0.1, 0.15) is 5.75 Å². The number of carbonyl (C=O) groups is 1. The SMILES string of the molecule is CCOc1ccc(PC(=O)c2c(C)cccc2C)cc1.[LiH]. The molecule has 0 heterocycles. The second-order valence-corrected chi connectivity index (χ2v) is 5.96. The Labute approximate surface area is 140 Å². The topological polar surface area (TPSA) is 26.3 Å².